The van der Waals surface area contributed by atoms with E-state index in [1.54, 1.807) is 36.4 Å². The van der Waals surface area contributed by atoms with Crippen LogP contribution in [0.5, 0.6) is 0 Å². The first-order chi connectivity index (χ1) is 11.0. The number of nitriles is 1. The minimum absolute atomic E-state index is 0.136. The SMILES string of the molecule is Cc1cc(C)cc(C(=O)NCC(=O)Nc2cccc(C#N)c2)c1. The van der Waals surface area contributed by atoms with Crippen molar-refractivity contribution >= 4 is 17.5 Å². The van der Waals surface area contributed by atoms with Gasteiger partial charge in [0.1, 0.15) is 0 Å². The van der Waals surface area contributed by atoms with Crippen molar-refractivity contribution in [3.63, 3.8) is 0 Å². The molecule has 0 aliphatic rings. The van der Waals surface area contributed by atoms with Crippen LogP contribution in [-0.4, -0.2) is 18.4 Å². The van der Waals surface area contributed by atoms with Gasteiger partial charge in [0.05, 0.1) is 18.2 Å². The van der Waals surface area contributed by atoms with Crippen LogP contribution in [0.2, 0.25) is 0 Å². The quantitative estimate of drug-likeness (QED) is 0.910. The third-order valence-electron chi connectivity index (χ3n) is 3.17. The molecular formula is C18H17N3O2. The first-order valence-corrected chi connectivity index (χ1v) is 7.14. The van der Waals surface area contributed by atoms with Crippen LogP contribution in [-0.2, 0) is 4.79 Å². The Hall–Kier alpha value is -3.13. The average Bonchev–Trinajstić information content (AvgIpc) is 2.51. The van der Waals surface area contributed by atoms with Crippen molar-refractivity contribution < 1.29 is 9.59 Å². The third kappa shape index (κ3) is 4.68. The summed E-state index contributed by atoms with van der Waals surface area (Å²) in [6.45, 7) is 3.69. The van der Waals surface area contributed by atoms with E-state index < -0.39 is 0 Å². The van der Waals surface area contributed by atoms with E-state index in [2.05, 4.69) is 10.6 Å². The van der Waals surface area contributed by atoms with Gasteiger partial charge in [-0.1, -0.05) is 23.3 Å². The monoisotopic (exact) mass is 307 g/mol. The van der Waals surface area contributed by atoms with E-state index in [-0.39, 0.29) is 18.4 Å². The summed E-state index contributed by atoms with van der Waals surface area (Å²) in [5.41, 5.74) is 3.50. The van der Waals surface area contributed by atoms with Crippen LogP contribution < -0.4 is 10.6 Å². The van der Waals surface area contributed by atoms with Crippen LogP contribution in [0.4, 0.5) is 5.69 Å². The maximum absolute atomic E-state index is 12.1. The lowest BCUT2D eigenvalue weighted by atomic mass is 10.1. The molecule has 0 aliphatic heterocycles. The summed E-state index contributed by atoms with van der Waals surface area (Å²) in [7, 11) is 0. The zero-order valence-electron chi connectivity index (χ0n) is 13.0. The van der Waals surface area contributed by atoms with Crippen molar-refractivity contribution in [1.29, 1.82) is 5.26 Å². The summed E-state index contributed by atoms with van der Waals surface area (Å²) in [6, 6.07) is 14.1. The second-order valence-corrected chi connectivity index (χ2v) is 5.30. The van der Waals surface area contributed by atoms with Gasteiger partial charge in [-0.2, -0.15) is 5.26 Å². The molecule has 2 aromatic rings. The van der Waals surface area contributed by atoms with Gasteiger partial charge in [-0.3, -0.25) is 9.59 Å². The van der Waals surface area contributed by atoms with E-state index in [0.717, 1.165) is 11.1 Å². The number of carbonyl (C=O) groups excluding carboxylic acids is 2. The highest BCUT2D eigenvalue weighted by Gasteiger charge is 2.09. The molecule has 0 atom stereocenters. The van der Waals surface area contributed by atoms with Gasteiger partial charge in [-0.25, -0.2) is 0 Å². The Morgan fingerprint density at radius 3 is 2.43 bits per heavy atom. The molecule has 2 amide bonds. The highest BCUT2D eigenvalue weighted by Crippen LogP contribution is 2.10. The van der Waals surface area contributed by atoms with Gasteiger partial charge >= 0.3 is 0 Å². The maximum atomic E-state index is 12.1. The summed E-state index contributed by atoms with van der Waals surface area (Å²) in [5.74, 6) is -0.643. The Bertz CT molecular complexity index is 771. The van der Waals surface area contributed by atoms with Crippen LogP contribution >= 0.6 is 0 Å². The lowest BCUT2D eigenvalue weighted by Crippen LogP contribution is -2.32. The summed E-state index contributed by atoms with van der Waals surface area (Å²) in [5, 5.41) is 14.1. The predicted molar refractivity (Wildman–Crippen MR) is 88.0 cm³/mol. The molecule has 0 aromatic heterocycles. The van der Waals surface area contributed by atoms with Gasteiger partial charge in [0.2, 0.25) is 5.91 Å². The number of hydrogen-bond donors (Lipinski definition) is 2. The zero-order valence-corrected chi connectivity index (χ0v) is 13.0. The van der Waals surface area contributed by atoms with Gasteiger partial charge in [0, 0.05) is 11.3 Å². The minimum Gasteiger partial charge on any atom is -0.343 e. The fourth-order valence-corrected chi connectivity index (χ4v) is 2.24. The largest absolute Gasteiger partial charge is 0.343 e. The molecular weight excluding hydrogens is 290 g/mol. The molecule has 0 saturated heterocycles. The number of benzene rings is 2. The van der Waals surface area contributed by atoms with Crippen molar-refractivity contribution in [2.45, 2.75) is 13.8 Å². The van der Waals surface area contributed by atoms with Gasteiger partial charge in [0.15, 0.2) is 0 Å². The first kappa shape index (κ1) is 16.2. The average molecular weight is 307 g/mol. The second-order valence-electron chi connectivity index (χ2n) is 5.30. The Morgan fingerprint density at radius 1 is 1.09 bits per heavy atom. The van der Waals surface area contributed by atoms with E-state index in [0.29, 0.717) is 16.8 Å². The number of rotatable bonds is 4. The second kappa shape index (κ2) is 7.23. The molecule has 0 aliphatic carbocycles. The highest BCUT2D eigenvalue weighted by molar-refractivity contribution is 5.99. The molecule has 5 heteroatoms. The van der Waals surface area contributed by atoms with E-state index in [1.807, 2.05) is 26.0 Å². The first-order valence-electron chi connectivity index (χ1n) is 7.14. The van der Waals surface area contributed by atoms with Gasteiger partial charge in [-0.05, 0) is 44.2 Å². The molecule has 5 nitrogen and oxygen atoms in total. The summed E-state index contributed by atoms with van der Waals surface area (Å²) < 4.78 is 0. The molecule has 0 bridgehead atoms. The lowest BCUT2D eigenvalue weighted by Gasteiger charge is -2.08. The Labute approximate surface area is 134 Å². The standard InChI is InChI=1S/C18H17N3O2/c1-12-6-13(2)8-15(7-12)18(23)20-11-17(22)21-16-5-3-4-14(9-16)10-19/h3-9H,11H2,1-2H3,(H,20,23)(H,21,22). The summed E-state index contributed by atoms with van der Waals surface area (Å²) in [4.78, 5) is 23.9. The fraction of sp³-hybridized carbons (Fsp3) is 0.167. The molecule has 0 unspecified atom stereocenters. The Balaban J connectivity index is 1.93. The van der Waals surface area contributed by atoms with Gasteiger partial charge < -0.3 is 10.6 Å². The number of anilines is 1. The molecule has 23 heavy (non-hydrogen) atoms. The number of aryl methyl sites for hydroxylation is 2. The van der Waals surface area contributed by atoms with E-state index in [1.165, 1.54) is 0 Å². The molecule has 0 heterocycles. The topological polar surface area (TPSA) is 82.0 Å². The molecule has 0 saturated carbocycles. The van der Waals surface area contributed by atoms with E-state index in [9.17, 15) is 9.59 Å². The molecule has 2 N–H and O–H groups in total. The van der Waals surface area contributed by atoms with E-state index >= 15 is 0 Å². The number of nitrogens with one attached hydrogen (secondary N) is 2. The Kier molecular flexibility index (Phi) is 5.11. The van der Waals surface area contributed by atoms with Crippen LogP contribution in [0.15, 0.2) is 42.5 Å². The predicted octanol–water partition coefficient (Wildman–Crippen LogP) is 2.54. The molecule has 116 valence electrons. The van der Waals surface area contributed by atoms with Gasteiger partial charge in [-0.15, -0.1) is 0 Å². The van der Waals surface area contributed by atoms with Crippen LogP contribution in [0.3, 0.4) is 0 Å². The van der Waals surface area contributed by atoms with Crippen LogP contribution in [0.1, 0.15) is 27.0 Å². The van der Waals surface area contributed by atoms with Gasteiger partial charge in [0.25, 0.3) is 5.91 Å². The number of nitrogens with zero attached hydrogens (tertiary/aromatic N) is 1. The lowest BCUT2D eigenvalue weighted by molar-refractivity contribution is -0.115. The molecule has 2 aromatic carbocycles. The summed E-state index contributed by atoms with van der Waals surface area (Å²) in [6.07, 6.45) is 0. The highest BCUT2D eigenvalue weighted by atomic mass is 16.2. The van der Waals surface area contributed by atoms with Crippen LogP contribution in [0.25, 0.3) is 0 Å². The fourth-order valence-electron chi connectivity index (χ4n) is 2.24. The molecule has 0 fully saturated rings. The van der Waals surface area contributed by atoms with Crippen molar-refractivity contribution in [2.24, 2.45) is 0 Å². The number of hydrogen-bond acceptors (Lipinski definition) is 3. The number of carbonyl (C=O) groups is 2. The van der Waals surface area contributed by atoms with E-state index in [4.69, 9.17) is 5.26 Å². The van der Waals surface area contributed by atoms with Crippen molar-refractivity contribution in [3.8, 4) is 6.07 Å². The number of amides is 2. The molecule has 0 radical (unpaired) electrons. The van der Waals surface area contributed by atoms with Crippen molar-refractivity contribution in [1.82, 2.24) is 5.32 Å². The molecule has 2 rings (SSSR count). The normalized spacial score (nSPS) is 9.78. The zero-order chi connectivity index (χ0) is 16.8. The summed E-state index contributed by atoms with van der Waals surface area (Å²) >= 11 is 0. The third-order valence-corrected chi connectivity index (χ3v) is 3.17. The maximum Gasteiger partial charge on any atom is 0.251 e. The Morgan fingerprint density at radius 2 is 1.78 bits per heavy atom. The van der Waals surface area contributed by atoms with Crippen molar-refractivity contribution in [2.75, 3.05) is 11.9 Å². The smallest absolute Gasteiger partial charge is 0.251 e. The molecule has 0 spiro atoms. The minimum atomic E-state index is -0.349. The van der Waals surface area contributed by atoms with Crippen molar-refractivity contribution in [3.05, 3.63) is 64.7 Å². The van der Waals surface area contributed by atoms with Crippen LogP contribution in [0, 0.1) is 25.2 Å².